The van der Waals surface area contributed by atoms with Gasteiger partial charge in [0.25, 0.3) is 0 Å². The molecule has 0 fully saturated rings. The Morgan fingerprint density at radius 1 is 1.27 bits per heavy atom. The maximum Gasteiger partial charge on any atom is 0.239 e. The molecule has 2 heterocycles. The van der Waals surface area contributed by atoms with Crippen molar-refractivity contribution in [3.8, 4) is 11.3 Å². The van der Waals surface area contributed by atoms with Crippen LogP contribution in [0, 0.1) is 11.6 Å². The molecule has 8 heteroatoms. The van der Waals surface area contributed by atoms with Crippen LogP contribution in [-0.2, 0) is 6.54 Å². The van der Waals surface area contributed by atoms with Gasteiger partial charge in [-0.3, -0.25) is 5.10 Å². The van der Waals surface area contributed by atoms with Gasteiger partial charge >= 0.3 is 0 Å². The number of benzene rings is 1. The SMILES string of the molecule is Nc1n[nH]c(Cn2cnc(-c3cc(F)ccc3F)c2C2CC=CCC2)n1. The van der Waals surface area contributed by atoms with Crippen LogP contribution in [0.1, 0.15) is 36.7 Å². The van der Waals surface area contributed by atoms with Gasteiger partial charge in [-0.15, -0.1) is 5.10 Å². The van der Waals surface area contributed by atoms with Crippen molar-refractivity contribution in [2.75, 3.05) is 5.73 Å². The molecule has 1 aromatic carbocycles. The summed E-state index contributed by atoms with van der Waals surface area (Å²) in [6.07, 6.45) is 8.57. The number of rotatable bonds is 4. The normalized spacial score (nSPS) is 16.9. The summed E-state index contributed by atoms with van der Waals surface area (Å²) in [5.74, 6) is -0.0699. The largest absolute Gasteiger partial charge is 0.367 e. The van der Waals surface area contributed by atoms with E-state index in [-0.39, 0.29) is 17.4 Å². The fourth-order valence-electron chi connectivity index (χ4n) is 3.42. The Kier molecular flexibility index (Phi) is 4.24. The molecule has 2 aromatic heterocycles. The first kappa shape index (κ1) is 16.4. The number of H-pyrrole nitrogens is 1. The minimum Gasteiger partial charge on any atom is -0.367 e. The summed E-state index contributed by atoms with van der Waals surface area (Å²) in [6.45, 7) is 0.379. The number of aromatic amines is 1. The number of imidazole rings is 1. The van der Waals surface area contributed by atoms with Crippen LogP contribution in [-0.4, -0.2) is 24.7 Å². The minimum atomic E-state index is -0.492. The van der Waals surface area contributed by atoms with Crippen molar-refractivity contribution >= 4 is 5.95 Å². The van der Waals surface area contributed by atoms with Crippen molar-refractivity contribution < 1.29 is 8.78 Å². The smallest absolute Gasteiger partial charge is 0.239 e. The molecule has 0 bridgehead atoms. The van der Waals surface area contributed by atoms with E-state index in [1.807, 2.05) is 4.57 Å². The van der Waals surface area contributed by atoms with Gasteiger partial charge in [0, 0.05) is 17.2 Å². The van der Waals surface area contributed by atoms with Gasteiger partial charge in [0.2, 0.25) is 5.95 Å². The van der Waals surface area contributed by atoms with Crippen molar-refractivity contribution in [1.82, 2.24) is 24.7 Å². The van der Waals surface area contributed by atoms with E-state index >= 15 is 0 Å². The molecule has 0 spiro atoms. The van der Waals surface area contributed by atoms with Crippen molar-refractivity contribution in [2.45, 2.75) is 31.7 Å². The van der Waals surface area contributed by atoms with Crippen molar-refractivity contribution in [3.63, 3.8) is 0 Å². The number of halogens is 2. The van der Waals surface area contributed by atoms with Gasteiger partial charge in [0.1, 0.15) is 17.5 Å². The number of allylic oxidation sites excluding steroid dienone is 2. The van der Waals surface area contributed by atoms with Crippen LogP contribution in [0.25, 0.3) is 11.3 Å². The van der Waals surface area contributed by atoms with Gasteiger partial charge in [-0.2, -0.15) is 4.98 Å². The maximum atomic E-state index is 14.4. The van der Waals surface area contributed by atoms with Crippen molar-refractivity contribution in [2.24, 2.45) is 0 Å². The van der Waals surface area contributed by atoms with Gasteiger partial charge in [-0.25, -0.2) is 13.8 Å². The third-order valence-electron chi connectivity index (χ3n) is 4.59. The zero-order valence-electron chi connectivity index (χ0n) is 14.0. The summed E-state index contributed by atoms with van der Waals surface area (Å²) in [5, 5.41) is 6.60. The third kappa shape index (κ3) is 3.10. The molecule has 26 heavy (non-hydrogen) atoms. The number of nitrogens with two attached hydrogens (primary N) is 1. The fraction of sp³-hybridized carbons (Fsp3) is 0.278. The quantitative estimate of drug-likeness (QED) is 0.702. The third-order valence-corrected chi connectivity index (χ3v) is 4.59. The lowest BCUT2D eigenvalue weighted by atomic mass is 9.89. The summed E-state index contributed by atoms with van der Waals surface area (Å²) >= 11 is 0. The molecule has 6 nitrogen and oxygen atoms in total. The number of aromatic nitrogens is 5. The van der Waals surface area contributed by atoms with Crippen molar-refractivity contribution in [3.05, 3.63) is 59.8 Å². The van der Waals surface area contributed by atoms with Gasteiger partial charge < -0.3 is 10.3 Å². The summed E-state index contributed by atoms with van der Waals surface area (Å²) in [4.78, 5) is 8.53. The second-order valence-corrected chi connectivity index (χ2v) is 6.35. The summed E-state index contributed by atoms with van der Waals surface area (Å²) in [6, 6.07) is 3.43. The van der Waals surface area contributed by atoms with Gasteiger partial charge in [0.15, 0.2) is 0 Å². The fourth-order valence-corrected chi connectivity index (χ4v) is 3.42. The molecule has 0 radical (unpaired) electrons. The Balaban J connectivity index is 1.80. The van der Waals surface area contributed by atoms with E-state index in [2.05, 4.69) is 32.3 Å². The van der Waals surface area contributed by atoms with E-state index in [9.17, 15) is 8.78 Å². The number of hydrogen-bond acceptors (Lipinski definition) is 4. The molecule has 1 aliphatic rings. The first-order valence-corrected chi connectivity index (χ1v) is 8.44. The molecular weight excluding hydrogens is 338 g/mol. The summed E-state index contributed by atoms with van der Waals surface area (Å²) in [7, 11) is 0. The first-order valence-electron chi connectivity index (χ1n) is 8.44. The molecule has 3 N–H and O–H groups in total. The van der Waals surface area contributed by atoms with Crippen LogP contribution in [0.3, 0.4) is 0 Å². The predicted molar refractivity (Wildman–Crippen MR) is 93.2 cm³/mol. The lowest BCUT2D eigenvalue weighted by molar-refractivity contribution is 0.562. The van der Waals surface area contributed by atoms with Gasteiger partial charge in [-0.05, 0) is 37.5 Å². The lowest BCUT2D eigenvalue weighted by Crippen LogP contribution is -2.12. The Morgan fingerprint density at radius 3 is 2.88 bits per heavy atom. The molecular formula is C18H18F2N6. The average Bonchev–Trinajstić information content (AvgIpc) is 3.24. The Bertz CT molecular complexity index is 958. The molecule has 4 rings (SSSR count). The number of nitrogens with one attached hydrogen (secondary N) is 1. The Morgan fingerprint density at radius 2 is 2.15 bits per heavy atom. The second-order valence-electron chi connectivity index (χ2n) is 6.35. The molecule has 1 unspecified atom stereocenters. The van der Waals surface area contributed by atoms with Gasteiger partial charge in [-0.1, -0.05) is 12.2 Å². The molecule has 1 atom stereocenters. The van der Waals surface area contributed by atoms with Crippen molar-refractivity contribution in [1.29, 1.82) is 0 Å². The number of hydrogen-bond donors (Lipinski definition) is 2. The highest BCUT2D eigenvalue weighted by Gasteiger charge is 2.25. The van der Waals surface area contributed by atoms with Crippen LogP contribution in [0.5, 0.6) is 0 Å². The van der Waals surface area contributed by atoms with E-state index in [0.29, 0.717) is 18.1 Å². The second kappa shape index (κ2) is 6.70. The Labute approximate surface area is 148 Å². The highest BCUT2D eigenvalue weighted by molar-refractivity contribution is 5.63. The predicted octanol–water partition coefficient (Wildman–Crippen LogP) is 3.40. The average molecular weight is 356 g/mol. The standard InChI is InChI=1S/C18H18F2N6/c19-12-6-7-14(20)13(8-12)16-17(11-4-2-1-3-5-11)26(10-22-16)9-15-23-18(21)25-24-15/h1-2,6-8,10-11H,3-5,9H2,(H3,21,23,24,25). The summed E-state index contributed by atoms with van der Waals surface area (Å²) in [5.41, 5.74) is 7.08. The van der Waals surface area contributed by atoms with Gasteiger partial charge in [0.05, 0.1) is 18.6 Å². The van der Waals surface area contributed by atoms with Crippen LogP contribution in [0.15, 0.2) is 36.7 Å². The van der Waals surface area contributed by atoms with E-state index in [1.54, 1.807) is 6.33 Å². The van der Waals surface area contributed by atoms with E-state index in [1.165, 1.54) is 6.07 Å². The molecule has 1 aliphatic carbocycles. The zero-order valence-corrected chi connectivity index (χ0v) is 14.0. The molecule has 0 saturated heterocycles. The number of nitrogen functional groups attached to an aromatic ring is 1. The molecule has 0 amide bonds. The summed E-state index contributed by atoms with van der Waals surface area (Å²) < 4.78 is 30.0. The highest BCUT2D eigenvalue weighted by atomic mass is 19.1. The molecule has 0 saturated carbocycles. The zero-order chi connectivity index (χ0) is 18.1. The minimum absolute atomic E-state index is 0.165. The molecule has 0 aliphatic heterocycles. The lowest BCUT2D eigenvalue weighted by Gasteiger charge is -2.21. The number of nitrogens with zero attached hydrogens (tertiary/aromatic N) is 4. The van der Waals surface area contributed by atoms with Crippen LogP contribution in [0.2, 0.25) is 0 Å². The monoisotopic (exact) mass is 356 g/mol. The maximum absolute atomic E-state index is 14.4. The van der Waals surface area contributed by atoms with Crippen LogP contribution >= 0.6 is 0 Å². The number of anilines is 1. The van der Waals surface area contributed by atoms with E-state index in [4.69, 9.17) is 5.73 Å². The van der Waals surface area contributed by atoms with E-state index < -0.39 is 11.6 Å². The van der Waals surface area contributed by atoms with Crippen LogP contribution < -0.4 is 5.73 Å². The molecule has 3 aromatic rings. The molecule has 134 valence electrons. The Hall–Kier alpha value is -3.03. The van der Waals surface area contributed by atoms with Crippen LogP contribution in [0.4, 0.5) is 14.7 Å². The topological polar surface area (TPSA) is 85.4 Å². The highest BCUT2D eigenvalue weighted by Crippen LogP contribution is 2.36. The first-order chi connectivity index (χ1) is 12.6. The van der Waals surface area contributed by atoms with E-state index in [0.717, 1.165) is 37.1 Å².